The summed E-state index contributed by atoms with van der Waals surface area (Å²) >= 11 is 0. The van der Waals surface area contributed by atoms with Crippen molar-refractivity contribution in [2.75, 3.05) is 11.5 Å². The minimum Gasteiger partial charge on any atom is -0.253 e. The van der Waals surface area contributed by atoms with E-state index in [-0.39, 0.29) is 17.1 Å². The van der Waals surface area contributed by atoms with Crippen molar-refractivity contribution in [3.8, 4) is 0 Å². The molecule has 2 rings (SSSR count). The molecule has 0 saturated carbocycles. The van der Waals surface area contributed by atoms with Gasteiger partial charge in [0.2, 0.25) is 0 Å². The highest BCUT2D eigenvalue weighted by molar-refractivity contribution is 7.92. The molecule has 17 heavy (non-hydrogen) atoms. The average molecular weight is 257 g/mol. The highest BCUT2D eigenvalue weighted by atomic mass is 32.2. The molecule has 1 aromatic rings. The number of hydrogen-bond acceptors (Lipinski definition) is 2. The van der Waals surface area contributed by atoms with Gasteiger partial charge in [0, 0.05) is 21.0 Å². The van der Waals surface area contributed by atoms with Crippen LogP contribution in [0.2, 0.25) is 0 Å². The summed E-state index contributed by atoms with van der Waals surface area (Å²) in [6.07, 6.45) is 1.81. The Kier molecular flexibility index (Phi) is 3.03. The second-order valence-corrected chi connectivity index (χ2v) is 6.63. The van der Waals surface area contributed by atoms with Crippen LogP contribution in [0, 0.1) is 23.3 Å². The Morgan fingerprint density at radius 3 is 2.35 bits per heavy atom. The van der Waals surface area contributed by atoms with E-state index in [0.29, 0.717) is 17.6 Å². The van der Waals surface area contributed by atoms with E-state index in [0.717, 1.165) is 0 Å². The number of allylic oxidation sites excluding steroid dienone is 1. The lowest BCUT2D eigenvalue weighted by atomic mass is 10.0. The molecule has 5 heteroatoms. The number of hydrogen-bond donors (Lipinski definition) is 1. The van der Waals surface area contributed by atoms with E-state index >= 15 is 0 Å². The van der Waals surface area contributed by atoms with Gasteiger partial charge >= 0.3 is 0 Å². The summed E-state index contributed by atoms with van der Waals surface area (Å²) in [7, 11) is -2.58. The molecule has 92 valence electrons. The van der Waals surface area contributed by atoms with Crippen molar-refractivity contribution >= 4 is 15.3 Å². The monoisotopic (exact) mass is 257 g/mol. The highest BCUT2D eigenvalue weighted by Gasteiger charge is 2.20. The first-order chi connectivity index (χ1) is 7.89. The van der Waals surface area contributed by atoms with E-state index in [9.17, 15) is 13.0 Å². The summed E-state index contributed by atoms with van der Waals surface area (Å²) in [5.41, 5.74) is 1.01. The zero-order valence-electron chi connectivity index (χ0n) is 9.43. The molecule has 0 saturated heterocycles. The van der Waals surface area contributed by atoms with Gasteiger partial charge in [0.05, 0.1) is 5.75 Å². The number of halogens is 2. The molecular weight excluding hydrogens is 244 g/mol. The van der Waals surface area contributed by atoms with Gasteiger partial charge in [-0.3, -0.25) is 4.78 Å². The molecule has 1 unspecified atom stereocenters. The molecule has 1 aromatic carbocycles. The van der Waals surface area contributed by atoms with Crippen molar-refractivity contribution in [3.05, 3.63) is 41.0 Å². The van der Waals surface area contributed by atoms with Gasteiger partial charge in [0.1, 0.15) is 11.6 Å². The molecule has 0 bridgehead atoms. The third-order valence-corrected chi connectivity index (χ3v) is 4.38. The van der Waals surface area contributed by atoms with Crippen LogP contribution in [0.15, 0.2) is 18.2 Å². The Balaban J connectivity index is 2.46. The quantitative estimate of drug-likeness (QED) is 0.825. The SMILES string of the molecule is Cc1cc(F)c(C2=CCS(=N)(=O)CC2)c(F)c1. The molecule has 0 fully saturated rings. The number of benzene rings is 1. The normalized spacial score (nSPS) is 24.5. The van der Waals surface area contributed by atoms with E-state index in [1.165, 1.54) is 18.2 Å². The van der Waals surface area contributed by atoms with Gasteiger partial charge in [-0.25, -0.2) is 13.0 Å². The standard InChI is InChI=1S/C12H13F2NOS/c1-8-6-10(13)12(11(14)7-8)9-2-4-17(15,16)5-3-9/h2,6-7,15H,3-5H2,1H3. The van der Waals surface area contributed by atoms with E-state index < -0.39 is 21.4 Å². The third kappa shape index (κ3) is 2.54. The Hall–Kier alpha value is -1.23. The predicted molar refractivity (Wildman–Crippen MR) is 64.3 cm³/mol. The van der Waals surface area contributed by atoms with Crippen LogP contribution < -0.4 is 0 Å². The van der Waals surface area contributed by atoms with Gasteiger partial charge in [-0.1, -0.05) is 6.08 Å². The fourth-order valence-corrected chi connectivity index (χ4v) is 3.12. The molecule has 1 aliphatic rings. The van der Waals surface area contributed by atoms with E-state index in [1.54, 1.807) is 6.92 Å². The van der Waals surface area contributed by atoms with Crippen LogP contribution in [0.3, 0.4) is 0 Å². The maximum absolute atomic E-state index is 13.7. The summed E-state index contributed by atoms with van der Waals surface area (Å²) in [5, 5.41) is 0. The molecule has 1 atom stereocenters. The van der Waals surface area contributed by atoms with Gasteiger partial charge in [0.15, 0.2) is 0 Å². The largest absolute Gasteiger partial charge is 0.253 e. The van der Waals surface area contributed by atoms with E-state index in [4.69, 9.17) is 4.78 Å². The zero-order chi connectivity index (χ0) is 12.6. The maximum atomic E-state index is 13.7. The molecule has 2 nitrogen and oxygen atoms in total. The van der Waals surface area contributed by atoms with Crippen LogP contribution in [0.1, 0.15) is 17.5 Å². The van der Waals surface area contributed by atoms with Crippen LogP contribution in [0.5, 0.6) is 0 Å². The third-order valence-electron chi connectivity index (χ3n) is 2.81. The Bertz CT molecular complexity index is 568. The lowest BCUT2D eigenvalue weighted by Gasteiger charge is -2.17. The van der Waals surface area contributed by atoms with Crippen LogP contribution in [-0.2, 0) is 9.73 Å². The van der Waals surface area contributed by atoms with Crippen molar-refractivity contribution in [1.82, 2.24) is 0 Å². The van der Waals surface area contributed by atoms with Crippen LogP contribution in [0.25, 0.3) is 5.57 Å². The second-order valence-electron chi connectivity index (χ2n) is 4.27. The lowest BCUT2D eigenvalue weighted by molar-refractivity contribution is 0.573. The van der Waals surface area contributed by atoms with Crippen molar-refractivity contribution in [2.24, 2.45) is 0 Å². The first kappa shape index (κ1) is 12.2. The van der Waals surface area contributed by atoms with Crippen LogP contribution in [0.4, 0.5) is 8.78 Å². The summed E-state index contributed by atoms with van der Waals surface area (Å²) in [4.78, 5) is 0. The molecule has 0 amide bonds. The summed E-state index contributed by atoms with van der Waals surface area (Å²) in [6, 6.07) is 2.57. The highest BCUT2D eigenvalue weighted by Crippen LogP contribution is 2.28. The topological polar surface area (TPSA) is 40.9 Å². The first-order valence-electron chi connectivity index (χ1n) is 5.28. The van der Waals surface area contributed by atoms with Gasteiger partial charge in [0.25, 0.3) is 0 Å². The zero-order valence-corrected chi connectivity index (χ0v) is 10.2. The van der Waals surface area contributed by atoms with Gasteiger partial charge in [-0.15, -0.1) is 0 Å². The summed E-state index contributed by atoms with van der Waals surface area (Å²) < 4.78 is 46.2. The number of rotatable bonds is 1. The van der Waals surface area contributed by atoms with Crippen molar-refractivity contribution in [1.29, 1.82) is 4.78 Å². The van der Waals surface area contributed by atoms with Gasteiger partial charge in [-0.2, -0.15) is 0 Å². The molecule has 1 aliphatic heterocycles. The van der Waals surface area contributed by atoms with Gasteiger partial charge in [-0.05, 0) is 36.6 Å². The average Bonchev–Trinajstić information content (AvgIpc) is 2.19. The molecular formula is C12H13F2NOS. The Morgan fingerprint density at radius 2 is 1.88 bits per heavy atom. The molecule has 0 aliphatic carbocycles. The van der Waals surface area contributed by atoms with Crippen LogP contribution >= 0.6 is 0 Å². The Morgan fingerprint density at radius 1 is 1.29 bits per heavy atom. The minimum atomic E-state index is -2.58. The molecule has 1 N–H and O–H groups in total. The minimum absolute atomic E-state index is 0.0366. The molecule has 0 aromatic heterocycles. The summed E-state index contributed by atoms with van der Waals surface area (Å²) in [5.74, 6) is -0.931. The maximum Gasteiger partial charge on any atom is 0.133 e. The number of nitrogens with one attached hydrogen (secondary N) is 1. The molecule has 0 radical (unpaired) electrons. The smallest absolute Gasteiger partial charge is 0.133 e. The van der Waals surface area contributed by atoms with Crippen LogP contribution in [-0.4, -0.2) is 15.7 Å². The number of aryl methyl sites for hydroxylation is 1. The van der Waals surface area contributed by atoms with Gasteiger partial charge < -0.3 is 0 Å². The summed E-state index contributed by atoms with van der Waals surface area (Å²) in [6.45, 7) is 1.63. The fourth-order valence-electron chi connectivity index (χ4n) is 1.93. The van der Waals surface area contributed by atoms with E-state index in [2.05, 4.69) is 0 Å². The van der Waals surface area contributed by atoms with Crippen molar-refractivity contribution < 1.29 is 13.0 Å². The fraction of sp³-hybridized carbons (Fsp3) is 0.333. The predicted octanol–water partition coefficient (Wildman–Crippen LogP) is 3.11. The van der Waals surface area contributed by atoms with E-state index in [1.807, 2.05) is 0 Å². The Labute approximate surface area is 99.3 Å². The molecule has 1 heterocycles. The second kappa shape index (κ2) is 4.22. The van der Waals surface area contributed by atoms with Crippen molar-refractivity contribution in [3.63, 3.8) is 0 Å². The van der Waals surface area contributed by atoms with Crippen molar-refractivity contribution in [2.45, 2.75) is 13.3 Å². The molecule has 0 spiro atoms. The first-order valence-corrected chi connectivity index (χ1v) is 7.18. The lowest BCUT2D eigenvalue weighted by Crippen LogP contribution is -2.14.